The van der Waals surface area contributed by atoms with Crippen molar-refractivity contribution >= 4 is 11.9 Å². The minimum atomic E-state index is -0.955. The van der Waals surface area contributed by atoms with Crippen LogP contribution in [0.3, 0.4) is 0 Å². The van der Waals surface area contributed by atoms with Gasteiger partial charge in [-0.3, -0.25) is 4.79 Å². The van der Waals surface area contributed by atoms with Gasteiger partial charge in [0, 0.05) is 44.5 Å². The van der Waals surface area contributed by atoms with Crippen LogP contribution in [-0.2, 0) is 10.3 Å². The van der Waals surface area contributed by atoms with E-state index < -0.39 is 5.60 Å². The second kappa shape index (κ2) is 8.67. The summed E-state index contributed by atoms with van der Waals surface area (Å²) in [5.74, 6) is 1.58. The molecule has 0 spiro atoms. The first-order valence-corrected chi connectivity index (χ1v) is 11.4. The van der Waals surface area contributed by atoms with E-state index in [9.17, 15) is 9.90 Å². The third kappa shape index (κ3) is 3.82. The van der Waals surface area contributed by atoms with Crippen LogP contribution in [0.5, 0.6) is 5.75 Å². The van der Waals surface area contributed by atoms with Crippen molar-refractivity contribution in [3.8, 4) is 5.75 Å². The largest absolute Gasteiger partial charge is 0.497 e. The van der Waals surface area contributed by atoms with Crippen LogP contribution in [0.25, 0.3) is 0 Å². The lowest BCUT2D eigenvalue weighted by atomic mass is 9.67. The highest BCUT2D eigenvalue weighted by Gasteiger charge is 2.50. The van der Waals surface area contributed by atoms with Crippen LogP contribution in [0.2, 0.25) is 0 Å². The topological polar surface area (TPSA) is 88.0 Å². The van der Waals surface area contributed by atoms with Crippen LogP contribution in [-0.4, -0.2) is 72.4 Å². The van der Waals surface area contributed by atoms with Crippen LogP contribution in [0, 0.1) is 11.8 Å². The molecule has 3 aliphatic rings. The number of carbonyl (C=O) groups is 1. The quantitative estimate of drug-likeness (QED) is 0.782. The number of morpholine rings is 1. The SMILES string of the molecule is COc1cccc([C@]2(O)CCC[C@H]3CN(C(=O)c4cnc(N5CCOCC5)nc4)C[C@H]32)c1. The van der Waals surface area contributed by atoms with E-state index in [0.29, 0.717) is 44.2 Å². The van der Waals surface area contributed by atoms with Gasteiger partial charge in [-0.05, 0) is 42.9 Å². The molecule has 2 saturated heterocycles. The van der Waals surface area contributed by atoms with Crippen LogP contribution < -0.4 is 9.64 Å². The predicted octanol–water partition coefficient (Wildman–Crippen LogP) is 2.08. The lowest BCUT2D eigenvalue weighted by Crippen LogP contribution is -2.43. The van der Waals surface area contributed by atoms with Crippen molar-refractivity contribution in [1.29, 1.82) is 0 Å². The molecule has 1 saturated carbocycles. The van der Waals surface area contributed by atoms with Gasteiger partial charge in [0.25, 0.3) is 5.91 Å². The number of methoxy groups -OCH3 is 1. The summed E-state index contributed by atoms with van der Waals surface area (Å²) in [5, 5.41) is 11.7. The highest BCUT2D eigenvalue weighted by atomic mass is 16.5. The number of hydrogen-bond acceptors (Lipinski definition) is 7. The number of amides is 1. The van der Waals surface area contributed by atoms with Gasteiger partial charge in [-0.25, -0.2) is 9.97 Å². The molecule has 1 aromatic heterocycles. The van der Waals surface area contributed by atoms with Gasteiger partial charge in [0.2, 0.25) is 5.95 Å². The summed E-state index contributed by atoms with van der Waals surface area (Å²) >= 11 is 0. The number of likely N-dealkylation sites (tertiary alicyclic amines) is 1. The molecule has 5 rings (SSSR count). The first kappa shape index (κ1) is 21.2. The fourth-order valence-corrected chi connectivity index (χ4v) is 5.48. The number of nitrogens with zero attached hydrogens (tertiary/aromatic N) is 4. The molecule has 3 heterocycles. The number of ether oxygens (including phenoxy) is 2. The highest BCUT2D eigenvalue weighted by molar-refractivity contribution is 5.94. The molecular formula is C24H30N4O4. The molecule has 1 aromatic carbocycles. The van der Waals surface area contributed by atoms with Gasteiger partial charge >= 0.3 is 0 Å². The Morgan fingerprint density at radius 2 is 2.00 bits per heavy atom. The number of rotatable bonds is 4. The first-order chi connectivity index (χ1) is 15.6. The smallest absolute Gasteiger partial charge is 0.257 e. The number of benzene rings is 1. The zero-order chi connectivity index (χ0) is 22.1. The Morgan fingerprint density at radius 3 is 2.75 bits per heavy atom. The van der Waals surface area contributed by atoms with Crippen molar-refractivity contribution in [2.45, 2.75) is 24.9 Å². The molecule has 3 atom stereocenters. The maximum Gasteiger partial charge on any atom is 0.257 e. The summed E-state index contributed by atoms with van der Waals surface area (Å²) in [6.45, 7) is 4.02. The average Bonchev–Trinajstić information content (AvgIpc) is 3.30. The second-order valence-corrected chi connectivity index (χ2v) is 9.00. The molecule has 3 fully saturated rings. The average molecular weight is 439 g/mol. The van der Waals surface area contributed by atoms with E-state index in [-0.39, 0.29) is 17.7 Å². The van der Waals surface area contributed by atoms with Crippen LogP contribution in [0.4, 0.5) is 5.95 Å². The maximum absolute atomic E-state index is 13.2. The van der Waals surface area contributed by atoms with Crippen molar-refractivity contribution in [1.82, 2.24) is 14.9 Å². The monoisotopic (exact) mass is 438 g/mol. The molecule has 1 N–H and O–H groups in total. The number of hydrogen-bond donors (Lipinski definition) is 1. The third-order valence-corrected chi connectivity index (χ3v) is 7.22. The number of fused-ring (bicyclic) bond motifs is 1. The Morgan fingerprint density at radius 1 is 1.22 bits per heavy atom. The van der Waals surface area contributed by atoms with Gasteiger partial charge in [-0.1, -0.05) is 12.1 Å². The van der Waals surface area contributed by atoms with Crippen LogP contribution in [0.1, 0.15) is 35.2 Å². The lowest BCUT2D eigenvalue weighted by Gasteiger charge is -2.41. The van der Waals surface area contributed by atoms with Crippen molar-refractivity contribution in [3.63, 3.8) is 0 Å². The van der Waals surface area contributed by atoms with E-state index in [1.165, 1.54) is 0 Å². The first-order valence-electron chi connectivity index (χ1n) is 11.4. The Kier molecular flexibility index (Phi) is 5.73. The molecule has 0 radical (unpaired) electrons. The number of carbonyl (C=O) groups excluding carboxylic acids is 1. The van der Waals surface area contributed by atoms with E-state index in [1.54, 1.807) is 19.5 Å². The predicted molar refractivity (Wildman–Crippen MR) is 119 cm³/mol. The molecule has 0 unspecified atom stereocenters. The molecule has 0 bridgehead atoms. The fourth-order valence-electron chi connectivity index (χ4n) is 5.48. The molecule has 8 nitrogen and oxygen atoms in total. The molecule has 2 aromatic rings. The van der Waals surface area contributed by atoms with E-state index in [4.69, 9.17) is 9.47 Å². The van der Waals surface area contributed by atoms with Crippen LogP contribution >= 0.6 is 0 Å². The number of anilines is 1. The van der Waals surface area contributed by atoms with Gasteiger partial charge in [0.15, 0.2) is 0 Å². The number of aromatic nitrogens is 2. The summed E-state index contributed by atoms with van der Waals surface area (Å²) in [6, 6.07) is 7.69. The standard InChI is InChI=1S/C24H30N4O4/c1-31-20-6-2-5-19(12-20)24(30)7-3-4-17-15-28(16-21(17)24)22(29)18-13-25-23(26-14-18)27-8-10-32-11-9-27/h2,5-6,12-14,17,21,30H,3-4,7-11,15-16H2,1H3/t17-,21+,24+/m0/s1. The zero-order valence-electron chi connectivity index (χ0n) is 18.4. The Bertz CT molecular complexity index is 963. The highest BCUT2D eigenvalue weighted by Crippen LogP contribution is 2.48. The Labute approximate surface area is 188 Å². The summed E-state index contributed by atoms with van der Waals surface area (Å²) in [5.41, 5.74) is 0.410. The van der Waals surface area contributed by atoms with E-state index >= 15 is 0 Å². The fraction of sp³-hybridized carbons (Fsp3) is 0.542. The molecule has 8 heteroatoms. The summed E-state index contributed by atoms with van der Waals surface area (Å²) in [7, 11) is 1.63. The minimum Gasteiger partial charge on any atom is -0.497 e. The lowest BCUT2D eigenvalue weighted by molar-refractivity contribution is -0.0645. The Balaban J connectivity index is 1.32. The van der Waals surface area contributed by atoms with Crippen molar-refractivity contribution < 1.29 is 19.4 Å². The summed E-state index contributed by atoms with van der Waals surface area (Å²) < 4.78 is 10.7. The number of aliphatic hydroxyl groups is 1. The molecule has 32 heavy (non-hydrogen) atoms. The van der Waals surface area contributed by atoms with Crippen molar-refractivity contribution in [2.24, 2.45) is 11.8 Å². The van der Waals surface area contributed by atoms with Crippen molar-refractivity contribution in [2.75, 3.05) is 51.4 Å². The summed E-state index contributed by atoms with van der Waals surface area (Å²) in [4.78, 5) is 26.0. The van der Waals surface area contributed by atoms with Gasteiger partial charge < -0.3 is 24.4 Å². The van der Waals surface area contributed by atoms with Crippen molar-refractivity contribution in [3.05, 3.63) is 47.8 Å². The molecular weight excluding hydrogens is 408 g/mol. The third-order valence-electron chi connectivity index (χ3n) is 7.22. The maximum atomic E-state index is 13.2. The zero-order valence-corrected chi connectivity index (χ0v) is 18.4. The normalized spacial score (nSPS) is 27.8. The summed E-state index contributed by atoms with van der Waals surface area (Å²) in [6.07, 6.45) is 5.90. The molecule has 1 aliphatic carbocycles. The van der Waals surface area contributed by atoms with Gasteiger partial charge in [-0.2, -0.15) is 0 Å². The van der Waals surface area contributed by atoms with E-state index in [1.807, 2.05) is 29.2 Å². The molecule has 2 aliphatic heterocycles. The van der Waals surface area contributed by atoms with Crippen LogP contribution in [0.15, 0.2) is 36.7 Å². The molecule has 1 amide bonds. The van der Waals surface area contributed by atoms with Gasteiger partial charge in [-0.15, -0.1) is 0 Å². The molecule has 170 valence electrons. The second-order valence-electron chi connectivity index (χ2n) is 9.00. The Hall–Kier alpha value is -2.71. The minimum absolute atomic E-state index is 0.000785. The van der Waals surface area contributed by atoms with E-state index in [2.05, 4.69) is 14.9 Å². The van der Waals surface area contributed by atoms with E-state index in [0.717, 1.165) is 37.2 Å². The van der Waals surface area contributed by atoms with Gasteiger partial charge in [0.05, 0.1) is 31.5 Å². The van der Waals surface area contributed by atoms with Gasteiger partial charge in [0.1, 0.15) is 5.75 Å².